The zero-order valence-electron chi connectivity index (χ0n) is 14.9. The third-order valence-electron chi connectivity index (χ3n) is 3.95. The molecule has 0 radical (unpaired) electrons. The van der Waals surface area contributed by atoms with E-state index in [4.69, 9.17) is 0 Å². The molecule has 0 saturated carbocycles. The molecule has 27 heavy (non-hydrogen) atoms. The quantitative estimate of drug-likeness (QED) is 0.656. The Morgan fingerprint density at radius 2 is 1.67 bits per heavy atom. The van der Waals surface area contributed by atoms with Crippen LogP contribution < -0.4 is 10.6 Å². The van der Waals surface area contributed by atoms with Gasteiger partial charge in [-0.2, -0.15) is 0 Å². The number of carbonyl (C=O) groups is 2. The van der Waals surface area contributed by atoms with Gasteiger partial charge in [0.2, 0.25) is 11.0 Å². The molecule has 0 fully saturated rings. The number of amides is 2. The third-order valence-corrected chi connectivity index (χ3v) is 4.93. The summed E-state index contributed by atoms with van der Waals surface area (Å²) in [5.74, 6) is -0.447. The predicted octanol–water partition coefficient (Wildman–Crippen LogP) is 3.60. The lowest BCUT2D eigenvalue weighted by Crippen LogP contribution is -2.31. The molecule has 0 aliphatic carbocycles. The maximum atomic E-state index is 12.5. The molecular weight excluding hydrogens is 360 g/mol. The standard InChI is InChI=1S/C20H20N4O2S/c1-2-18-23-24-20(27-18)22-17(25)13-16(14-9-5-3-6-10-14)21-19(26)15-11-7-4-8-12-15/h3-12,16H,2,13H2,1H3,(H,21,26)(H,22,24,25)/t16-/m1/s1. The molecule has 1 atom stereocenters. The van der Waals surface area contributed by atoms with E-state index < -0.39 is 6.04 Å². The summed E-state index contributed by atoms with van der Waals surface area (Å²) in [4.78, 5) is 25.0. The molecule has 0 aliphatic rings. The van der Waals surface area contributed by atoms with Gasteiger partial charge in [0, 0.05) is 5.56 Å². The number of nitrogens with zero attached hydrogens (tertiary/aromatic N) is 2. The first kappa shape index (κ1) is 18.7. The van der Waals surface area contributed by atoms with E-state index in [0.29, 0.717) is 10.7 Å². The minimum Gasteiger partial charge on any atom is -0.345 e. The molecule has 0 bridgehead atoms. The highest BCUT2D eigenvalue weighted by Gasteiger charge is 2.20. The van der Waals surface area contributed by atoms with E-state index in [1.807, 2.05) is 43.3 Å². The van der Waals surface area contributed by atoms with Gasteiger partial charge in [-0.25, -0.2) is 0 Å². The molecule has 0 unspecified atom stereocenters. The van der Waals surface area contributed by atoms with Crippen LogP contribution in [0.1, 0.15) is 40.3 Å². The van der Waals surface area contributed by atoms with Gasteiger partial charge in [0.25, 0.3) is 5.91 Å². The number of hydrogen-bond acceptors (Lipinski definition) is 5. The first-order valence-electron chi connectivity index (χ1n) is 8.68. The van der Waals surface area contributed by atoms with Gasteiger partial charge in [-0.1, -0.05) is 66.8 Å². The van der Waals surface area contributed by atoms with Crippen molar-refractivity contribution in [2.75, 3.05) is 5.32 Å². The summed E-state index contributed by atoms with van der Waals surface area (Å²) in [5.41, 5.74) is 1.42. The van der Waals surface area contributed by atoms with Crippen molar-refractivity contribution in [1.82, 2.24) is 15.5 Å². The zero-order valence-corrected chi connectivity index (χ0v) is 15.7. The summed E-state index contributed by atoms with van der Waals surface area (Å²) in [6.07, 6.45) is 0.872. The second kappa shape index (κ2) is 9.05. The van der Waals surface area contributed by atoms with Crippen LogP contribution in [0.5, 0.6) is 0 Å². The van der Waals surface area contributed by atoms with E-state index in [2.05, 4.69) is 20.8 Å². The Morgan fingerprint density at radius 3 is 2.30 bits per heavy atom. The Balaban J connectivity index is 1.72. The lowest BCUT2D eigenvalue weighted by Gasteiger charge is -2.18. The van der Waals surface area contributed by atoms with E-state index in [1.54, 1.807) is 24.3 Å². The van der Waals surface area contributed by atoms with Crippen LogP contribution in [-0.4, -0.2) is 22.0 Å². The maximum Gasteiger partial charge on any atom is 0.251 e. The van der Waals surface area contributed by atoms with Crippen molar-refractivity contribution in [3.63, 3.8) is 0 Å². The Morgan fingerprint density at radius 1 is 1.00 bits per heavy atom. The van der Waals surface area contributed by atoms with Crippen molar-refractivity contribution < 1.29 is 9.59 Å². The molecule has 1 heterocycles. The van der Waals surface area contributed by atoms with Gasteiger partial charge >= 0.3 is 0 Å². The number of aromatic nitrogens is 2. The number of nitrogens with one attached hydrogen (secondary N) is 2. The summed E-state index contributed by atoms with van der Waals surface area (Å²) >= 11 is 1.35. The van der Waals surface area contributed by atoms with Gasteiger partial charge < -0.3 is 10.6 Å². The van der Waals surface area contributed by atoms with E-state index in [-0.39, 0.29) is 18.2 Å². The molecule has 0 saturated heterocycles. The second-order valence-corrected chi connectivity index (χ2v) is 6.97. The molecular formula is C20H20N4O2S. The second-order valence-electron chi connectivity index (χ2n) is 5.91. The summed E-state index contributed by atoms with van der Waals surface area (Å²) in [6.45, 7) is 1.98. The van der Waals surface area contributed by atoms with Crippen molar-refractivity contribution in [3.05, 3.63) is 76.8 Å². The van der Waals surface area contributed by atoms with Gasteiger partial charge in [0.05, 0.1) is 12.5 Å². The Bertz CT molecular complexity index is 897. The molecule has 0 spiro atoms. The Hall–Kier alpha value is -3.06. The van der Waals surface area contributed by atoms with Crippen molar-refractivity contribution in [3.8, 4) is 0 Å². The fourth-order valence-corrected chi connectivity index (χ4v) is 3.27. The molecule has 7 heteroatoms. The molecule has 3 rings (SSSR count). The fraction of sp³-hybridized carbons (Fsp3) is 0.200. The molecule has 2 N–H and O–H groups in total. The highest BCUT2D eigenvalue weighted by Crippen LogP contribution is 2.20. The maximum absolute atomic E-state index is 12.5. The number of anilines is 1. The van der Waals surface area contributed by atoms with E-state index in [1.165, 1.54) is 11.3 Å². The minimum absolute atomic E-state index is 0.101. The van der Waals surface area contributed by atoms with Crippen LogP contribution in [0.4, 0.5) is 5.13 Å². The van der Waals surface area contributed by atoms with Crippen LogP contribution in [0.25, 0.3) is 0 Å². The van der Waals surface area contributed by atoms with Crippen LogP contribution in [0.2, 0.25) is 0 Å². The van der Waals surface area contributed by atoms with E-state index in [0.717, 1.165) is 17.0 Å². The summed E-state index contributed by atoms with van der Waals surface area (Å²) in [7, 11) is 0. The smallest absolute Gasteiger partial charge is 0.251 e. The Labute approximate surface area is 161 Å². The minimum atomic E-state index is -0.447. The normalized spacial score (nSPS) is 11.6. The summed E-state index contributed by atoms with van der Waals surface area (Å²) < 4.78 is 0. The first-order chi connectivity index (χ1) is 13.2. The highest BCUT2D eigenvalue weighted by atomic mass is 32.1. The van der Waals surface area contributed by atoms with Gasteiger partial charge in [0.15, 0.2) is 0 Å². The number of rotatable bonds is 7. The van der Waals surface area contributed by atoms with Crippen molar-refractivity contribution in [2.24, 2.45) is 0 Å². The van der Waals surface area contributed by atoms with Crippen LogP contribution in [-0.2, 0) is 11.2 Å². The zero-order chi connectivity index (χ0) is 19.1. The molecule has 1 aromatic heterocycles. The van der Waals surface area contributed by atoms with Gasteiger partial charge in [0.1, 0.15) is 5.01 Å². The molecule has 0 aliphatic heterocycles. The van der Waals surface area contributed by atoms with Crippen molar-refractivity contribution in [2.45, 2.75) is 25.8 Å². The van der Waals surface area contributed by atoms with Crippen LogP contribution >= 0.6 is 11.3 Å². The van der Waals surface area contributed by atoms with Crippen molar-refractivity contribution in [1.29, 1.82) is 0 Å². The monoisotopic (exact) mass is 380 g/mol. The van der Waals surface area contributed by atoms with Gasteiger partial charge in [-0.15, -0.1) is 10.2 Å². The fourth-order valence-electron chi connectivity index (χ4n) is 2.57. The highest BCUT2D eigenvalue weighted by molar-refractivity contribution is 7.15. The molecule has 2 amide bonds. The lowest BCUT2D eigenvalue weighted by atomic mass is 10.0. The number of hydrogen-bond donors (Lipinski definition) is 2. The summed E-state index contributed by atoms with van der Waals surface area (Å²) in [6, 6.07) is 17.9. The van der Waals surface area contributed by atoms with Gasteiger partial charge in [-0.3, -0.25) is 9.59 Å². The lowest BCUT2D eigenvalue weighted by molar-refractivity contribution is -0.116. The van der Waals surface area contributed by atoms with E-state index >= 15 is 0 Å². The Kier molecular flexibility index (Phi) is 6.27. The van der Waals surface area contributed by atoms with Crippen LogP contribution in [0.3, 0.4) is 0 Å². The molecule has 3 aromatic rings. The SMILES string of the molecule is CCc1nnc(NC(=O)C[C@@H](NC(=O)c2ccccc2)c2ccccc2)s1. The predicted molar refractivity (Wildman–Crippen MR) is 106 cm³/mol. The number of benzene rings is 2. The number of aryl methyl sites for hydroxylation is 1. The van der Waals surface area contributed by atoms with E-state index in [9.17, 15) is 9.59 Å². The average molecular weight is 380 g/mol. The van der Waals surface area contributed by atoms with Crippen LogP contribution in [0, 0.1) is 0 Å². The number of carbonyl (C=O) groups excluding carboxylic acids is 2. The van der Waals surface area contributed by atoms with Crippen LogP contribution in [0.15, 0.2) is 60.7 Å². The average Bonchev–Trinajstić information content (AvgIpc) is 3.16. The third kappa shape index (κ3) is 5.21. The molecule has 6 nitrogen and oxygen atoms in total. The molecule has 138 valence electrons. The van der Waals surface area contributed by atoms with Gasteiger partial charge in [-0.05, 0) is 24.1 Å². The first-order valence-corrected chi connectivity index (χ1v) is 9.50. The summed E-state index contributed by atoms with van der Waals surface area (Å²) in [5, 5.41) is 15.0. The van der Waals surface area contributed by atoms with Crippen molar-refractivity contribution >= 4 is 28.3 Å². The molecule has 2 aromatic carbocycles. The largest absolute Gasteiger partial charge is 0.345 e. The topological polar surface area (TPSA) is 84.0 Å².